The van der Waals surface area contributed by atoms with Gasteiger partial charge in [-0.2, -0.15) is 0 Å². The topological polar surface area (TPSA) is 67.9 Å². The monoisotopic (exact) mass is 535 g/mol. The lowest BCUT2D eigenvalue weighted by Gasteiger charge is -2.36. The van der Waals surface area contributed by atoms with Crippen molar-refractivity contribution < 1.29 is 19.1 Å². The predicted octanol–water partition coefficient (Wildman–Crippen LogP) is 7.33. The Morgan fingerprint density at radius 1 is 1.00 bits per heavy atom. The van der Waals surface area contributed by atoms with Crippen molar-refractivity contribution in [3.05, 3.63) is 59.7 Å². The molecule has 6 heteroatoms. The molecule has 2 fully saturated rings. The lowest BCUT2D eigenvalue weighted by Crippen LogP contribution is -2.47. The van der Waals surface area contributed by atoms with Crippen molar-refractivity contribution in [3.63, 3.8) is 0 Å². The van der Waals surface area contributed by atoms with Crippen molar-refractivity contribution in [1.82, 2.24) is 5.32 Å². The minimum atomic E-state index is -0.461. The number of hydrogen-bond acceptors (Lipinski definition) is 5. The number of fused-ring (bicyclic) bond motifs is 3. The van der Waals surface area contributed by atoms with Gasteiger partial charge in [0.2, 0.25) is 0 Å². The van der Waals surface area contributed by atoms with E-state index in [-0.39, 0.29) is 46.6 Å². The number of rotatable bonds is 7. The van der Waals surface area contributed by atoms with Gasteiger partial charge in [0.15, 0.2) is 5.12 Å². The fraction of sp³-hybridized carbons (Fsp3) is 0.562. The molecule has 1 amide bonds. The van der Waals surface area contributed by atoms with Gasteiger partial charge in [0.1, 0.15) is 12.7 Å². The number of hydrogen-bond donors (Lipinski definition) is 1. The van der Waals surface area contributed by atoms with Crippen molar-refractivity contribution in [2.45, 2.75) is 95.6 Å². The Hall–Kier alpha value is -2.31. The van der Waals surface area contributed by atoms with E-state index in [2.05, 4.69) is 76.3 Å². The highest BCUT2D eigenvalue weighted by Crippen LogP contribution is 2.53. The van der Waals surface area contributed by atoms with E-state index >= 15 is 0 Å². The summed E-state index contributed by atoms with van der Waals surface area (Å²) in [5.74, 6) is 0.171. The molecule has 3 atom stereocenters. The first-order valence-corrected chi connectivity index (χ1v) is 14.9. The minimum Gasteiger partial charge on any atom is -0.449 e. The molecule has 204 valence electrons. The normalized spacial score (nSPS) is 22.9. The van der Waals surface area contributed by atoms with Crippen molar-refractivity contribution in [3.8, 4) is 11.1 Å². The largest absolute Gasteiger partial charge is 0.449 e. The van der Waals surface area contributed by atoms with E-state index in [1.54, 1.807) is 0 Å². The maximum absolute atomic E-state index is 13.6. The van der Waals surface area contributed by atoms with E-state index in [1.807, 2.05) is 12.1 Å². The zero-order valence-corrected chi connectivity index (χ0v) is 24.1. The quantitative estimate of drug-likeness (QED) is 0.376. The van der Waals surface area contributed by atoms with E-state index in [0.717, 1.165) is 32.1 Å². The predicted molar refractivity (Wildman–Crippen MR) is 153 cm³/mol. The highest BCUT2D eigenvalue weighted by molar-refractivity contribution is 8.14. The van der Waals surface area contributed by atoms with Gasteiger partial charge in [-0.1, -0.05) is 114 Å². The number of carbonyl (C=O) groups is 2. The molecule has 0 spiro atoms. The van der Waals surface area contributed by atoms with Crippen molar-refractivity contribution in [2.24, 2.45) is 11.3 Å². The van der Waals surface area contributed by atoms with Gasteiger partial charge in [-0.3, -0.25) is 4.79 Å². The second-order valence-corrected chi connectivity index (χ2v) is 14.3. The number of epoxide rings is 1. The van der Waals surface area contributed by atoms with Crippen LogP contribution < -0.4 is 5.32 Å². The fourth-order valence-electron chi connectivity index (χ4n) is 6.41. The van der Waals surface area contributed by atoms with Gasteiger partial charge in [0.25, 0.3) is 0 Å². The number of ether oxygens (including phenoxy) is 2. The highest BCUT2D eigenvalue weighted by Gasteiger charge is 2.61. The van der Waals surface area contributed by atoms with Crippen LogP contribution in [0.4, 0.5) is 4.79 Å². The molecule has 5 nitrogen and oxygen atoms in total. The summed E-state index contributed by atoms with van der Waals surface area (Å²) in [4.78, 5) is 26.7. The molecule has 1 saturated carbocycles. The minimum absolute atomic E-state index is 0.0214. The van der Waals surface area contributed by atoms with Crippen LogP contribution >= 0.6 is 11.8 Å². The van der Waals surface area contributed by atoms with E-state index < -0.39 is 11.5 Å². The zero-order valence-electron chi connectivity index (χ0n) is 23.3. The van der Waals surface area contributed by atoms with Gasteiger partial charge < -0.3 is 14.8 Å². The van der Waals surface area contributed by atoms with Gasteiger partial charge in [-0.05, 0) is 41.0 Å². The highest BCUT2D eigenvalue weighted by atomic mass is 32.2. The number of amides is 1. The van der Waals surface area contributed by atoms with Gasteiger partial charge in [-0.25, -0.2) is 4.79 Å². The summed E-state index contributed by atoms with van der Waals surface area (Å²) in [6, 6.07) is 16.5. The molecule has 0 unspecified atom stereocenters. The maximum atomic E-state index is 13.6. The Bertz CT molecular complexity index is 1130. The maximum Gasteiger partial charge on any atom is 0.407 e. The Morgan fingerprint density at radius 3 is 2.13 bits per heavy atom. The second-order valence-electron chi connectivity index (χ2n) is 12.5. The zero-order chi connectivity index (χ0) is 27.1. The van der Waals surface area contributed by atoms with Crippen LogP contribution in [0.5, 0.6) is 0 Å². The van der Waals surface area contributed by atoms with Gasteiger partial charge in [0.05, 0.1) is 17.6 Å². The molecule has 3 aliphatic rings. The molecule has 1 aliphatic heterocycles. The molecule has 0 bridgehead atoms. The molecule has 0 radical (unpaired) electrons. The van der Waals surface area contributed by atoms with Gasteiger partial charge >= 0.3 is 6.09 Å². The molecule has 1 saturated heterocycles. The molecule has 2 aliphatic carbocycles. The summed E-state index contributed by atoms with van der Waals surface area (Å²) in [7, 11) is 0. The SMILES string of the molecule is CC(C)[C@H](NC(=O)OCC1c2ccccc2-c2ccccc21)[C@H]1O[C@@H]1C1(C(=O)SC(C)(C)C)CCCCC1. The average Bonchev–Trinajstić information content (AvgIpc) is 3.62. The van der Waals surface area contributed by atoms with Gasteiger partial charge in [-0.15, -0.1) is 0 Å². The molecule has 2 aromatic carbocycles. The third kappa shape index (κ3) is 5.40. The molecule has 1 N–H and O–H groups in total. The van der Waals surface area contributed by atoms with Crippen LogP contribution in [0.2, 0.25) is 0 Å². The van der Waals surface area contributed by atoms with Gasteiger partial charge in [0, 0.05) is 10.7 Å². The first-order chi connectivity index (χ1) is 18.1. The number of benzene rings is 2. The summed E-state index contributed by atoms with van der Waals surface area (Å²) in [5, 5.41) is 3.37. The van der Waals surface area contributed by atoms with Crippen molar-refractivity contribution in [1.29, 1.82) is 0 Å². The summed E-state index contributed by atoms with van der Waals surface area (Å²) >= 11 is 1.45. The Morgan fingerprint density at radius 2 is 1.58 bits per heavy atom. The lowest BCUT2D eigenvalue weighted by atomic mass is 9.71. The molecule has 0 aromatic heterocycles. The fourth-order valence-corrected chi connectivity index (χ4v) is 7.49. The van der Waals surface area contributed by atoms with Crippen LogP contribution in [0, 0.1) is 11.3 Å². The first-order valence-electron chi connectivity index (χ1n) is 14.1. The third-order valence-corrected chi connectivity index (χ3v) is 9.53. The second kappa shape index (κ2) is 10.7. The number of thioether (sulfide) groups is 1. The summed E-state index contributed by atoms with van der Waals surface area (Å²) in [5.41, 5.74) is 4.35. The molecular weight excluding hydrogens is 494 g/mol. The van der Waals surface area contributed by atoms with E-state index in [4.69, 9.17) is 9.47 Å². The lowest BCUT2D eigenvalue weighted by molar-refractivity contribution is -0.122. The van der Waals surface area contributed by atoms with Crippen LogP contribution in [0.3, 0.4) is 0 Å². The summed E-state index contributed by atoms with van der Waals surface area (Å²) in [6.07, 6.45) is 4.26. The number of nitrogens with one attached hydrogen (secondary N) is 1. The smallest absolute Gasteiger partial charge is 0.407 e. The van der Waals surface area contributed by atoms with E-state index in [1.165, 1.54) is 34.0 Å². The first kappa shape index (κ1) is 27.3. The molecule has 38 heavy (non-hydrogen) atoms. The van der Waals surface area contributed by atoms with Crippen LogP contribution in [0.25, 0.3) is 11.1 Å². The Kier molecular flexibility index (Phi) is 7.67. The molecule has 2 aromatic rings. The standard InChI is InChI=1S/C32H41NO4S/c1-20(2)26(27-28(37-27)32(17-11-6-12-18-32)29(34)38-31(3,4)5)33-30(35)36-19-25-23-15-9-7-13-21(23)22-14-8-10-16-24(22)25/h7-10,13-16,20,25-28H,6,11-12,17-19H2,1-5H3,(H,33,35)/t26-,27+,28-/m0/s1. The molecule has 5 rings (SSSR count). The van der Waals surface area contributed by atoms with Crippen LogP contribution in [0.1, 0.15) is 83.8 Å². The van der Waals surface area contributed by atoms with Crippen LogP contribution in [0.15, 0.2) is 48.5 Å². The molecular formula is C32H41NO4S. The van der Waals surface area contributed by atoms with Crippen LogP contribution in [-0.2, 0) is 14.3 Å². The van der Waals surface area contributed by atoms with E-state index in [0.29, 0.717) is 0 Å². The van der Waals surface area contributed by atoms with E-state index in [9.17, 15) is 9.59 Å². The van der Waals surface area contributed by atoms with Crippen molar-refractivity contribution in [2.75, 3.05) is 6.61 Å². The summed E-state index contributed by atoms with van der Waals surface area (Å²) < 4.78 is 12.0. The summed E-state index contributed by atoms with van der Waals surface area (Å²) in [6.45, 7) is 10.7. The third-order valence-electron chi connectivity index (χ3n) is 8.32. The Balaban J connectivity index is 1.26. The Labute approximate surface area is 231 Å². The van der Waals surface area contributed by atoms with Crippen molar-refractivity contribution >= 4 is 23.0 Å². The molecule has 1 heterocycles. The van der Waals surface area contributed by atoms with Crippen LogP contribution in [-0.4, -0.2) is 40.8 Å². The number of alkyl carbamates (subject to hydrolysis) is 1. The average molecular weight is 536 g/mol. The number of carbonyl (C=O) groups excluding carboxylic acids is 2.